The Kier molecular flexibility index (Phi) is 7.66. The van der Waals surface area contributed by atoms with Crippen molar-refractivity contribution in [3.8, 4) is 0 Å². The number of anilines is 1. The van der Waals surface area contributed by atoms with Crippen LogP contribution in [0.1, 0.15) is 20.3 Å². The zero-order valence-electron chi connectivity index (χ0n) is 15.1. The molecule has 1 aliphatic rings. The standard InChI is InChI=1S/C18H30ClN5/c1-4-20-18(21-10-12-23(3)5-2)22-16-9-11-24(14-16)17-8-6-7-15(19)13-17/h6-8,13,16H,4-5,9-12,14H2,1-3H3,(H2,20,21,22). The van der Waals surface area contributed by atoms with E-state index in [1.807, 2.05) is 18.2 Å². The van der Waals surface area contributed by atoms with Crippen molar-refractivity contribution in [2.45, 2.75) is 26.3 Å². The lowest BCUT2D eigenvalue weighted by atomic mass is 10.3. The fourth-order valence-electron chi connectivity index (χ4n) is 2.79. The van der Waals surface area contributed by atoms with Crippen LogP contribution in [0.4, 0.5) is 5.69 Å². The molecule has 1 saturated heterocycles. The zero-order chi connectivity index (χ0) is 17.4. The van der Waals surface area contributed by atoms with E-state index >= 15 is 0 Å². The Morgan fingerprint density at radius 2 is 2.25 bits per heavy atom. The number of nitrogens with zero attached hydrogens (tertiary/aromatic N) is 3. The minimum absolute atomic E-state index is 0.408. The molecule has 5 nitrogen and oxygen atoms in total. The Labute approximate surface area is 151 Å². The third-order valence-electron chi connectivity index (χ3n) is 4.34. The molecule has 2 rings (SSSR count). The van der Waals surface area contributed by atoms with Crippen molar-refractivity contribution in [3.05, 3.63) is 29.3 Å². The quantitative estimate of drug-likeness (QED) is 0.585. The minimum Gasteiger partial charge on any atom is -0.369 e. The van der Waals surface area contributed by atoms with Crippen LogP contribution in [0.15, 0.2) is 29.3 Å². The lowest BCUT2D eigenvalue weighted by Gasteiger charge is -2.21. The first-order valence-corrected chi connectivity index (χ1v) is 9.24. The number of hydrogen-bond donors (Lipinski definition) is 2. The normalized spacial score (nSPS) is 18.3. The molecule has 1 fully saturated rings. The highest BCUT2D eigenvalue weighted by Gasteiger charge is 2.23. The fourth-order valence-corrected chi connectivity index (χ4v) is 2.97. The summed E-state index contributed by atoms with van der Waals surface area (Å²) in [4.78, 5) is 9.33. The van der Waals surface area contributed by atoms with E-state index in [9.17, 15) is 0 Å². The van der Waals surface area contributed by atoms with E-state index in [1.54, 1.807) is 0 Å². The average Bonchev–Trinajstić information content (AvgIpc) is 3.03. The van der Waals surface area contributed by atoms with Crippen LogP contribution in [0.2, 0.25) is 5.02 Å². The molecule has 0 aromatic heterocycles. The van der Waals surface area contributed by atoms with Crippen LogP contribution < -0.4 is 15.5 Å². The summed E-state index contributed by atoms with van der Waals surface area (Å²) < 4.78 is 0. The molecular weight excluding hydrogens is 322 g/mol. The van der Waals surface area contributed by atoms with Gasteiger partial charge < -0.3 is 20.4 Å². The zero-order valence-corrected chi connectivity index (χ0v) is 15.8. The number of guanidine groups is 1. The van der Waals surface area contributed by atoms with E-state index in [0.717, 1.165) is 56.7 Å². The smallest absolute Gasteiger partial charge is 0.191 e. The second kappa shape index (κ2) is 9.74. The molecule has 2 N–H and O–H groups in total. The summed E-state index contributed by atoms with van der Waals surface area (Å²) in [5, 5.41) is 7.71. The van der Waals surface area contributed by atoms with Gasteiger partial charge in [0.05, 0.1) is 6.54 Å². The molecular formula is C18H30ClN5. The van der Waals surface area contributed by atoms with E-state index in [0.29, 0.717) is 6.04 Å². The Bertz CT molecular complexity index is 534. The number of rotatable bonds is 7. The van der Waals surface area contributed by atoms with Crippen molar-refractivity contribution in [2.75, 3.05) is 51.2 Å². The molecule has 24 heavy (non-hydrogen) atoms. The van der Waals surface area contributed by atoms with Crippen molar-refractivity contribution in [1.82, 2.24) is 15.5 Å². The van der Waals surface area contributed by atoms with E-state index in [2.05, 4.69) is 52.4 Å². The highest BCUT2D eigenvalue weighted by atomic mass is 35.5. The van der Waals surface area contributed by atoms with Crippen LogP contribution in [-0.4, -0.2) is 63.2 Å². The molecule has 1 heterocycles. The molecule has 0 aliphatic carbocycles. The highest BCUT2D eigenvalue weighted by molar-refractivity contribution is 6.30. The van der Waals surface area contributed by atoms with Crippen molar-refractivity contribution >= 4 is 23.2 Å². The van der Waals surface area contributed by atoms with E-state index in [-0.39, 0.29) is 0 Å². The number of halogens is 1. The maximum Gasteiger partial charge on any atom is 0.191 e. The summed E-state index contributed by atoms with van der Waals surface area (Å²) >= 11 is 6.10. The summed E-state index contributed by atoms with van der Waals surface area (Å²) in [6.45, 7) is 9.99. The molecule has 0 spiro atoms. The van der Waals surface area contributed by atoms with Crippen LogP contribution in [-0.2, 0) is 0 Å². The highest BCUT2D eigenvalue weighted by Crippen LogP contribution is 2.23. The van der Waals surface area contributed by atoms with Gasteiger partial charge in [0.25, 0.3) is 0 Å². The number of nitrogens with one attached hydrogen (secondary N) is 2. The van der Waals surface area contributed by atoms with Gasteiger partial charge in [-0.25, -0.2) is 0 Å². The van der Waals surface area contributed by atoms with Gasteiger partial charge >= 0.3 is 0 Å². The van der Waals surface area contributed by atoms with Gasteiger partial charge in [0.1, 0.15) is 0 Å². The maximum absolute atomic E-state index is 6.10. The molecule has 0 bridgehead atoms. The molecule has 1 aromatic rings. The van der Waals surface area contributed by atoms with Crippen LogP contribution in [0.5, 0.6) is 0 Å². The van der Waals surface area contributed by atoms with Gasteiger partial charge in [-0.05, 0) is 45.1 Å². The fraction of sp³-hybridized carbons (Fsp3) is 0.611. The summed E-state index contributed by atoms with van der Waals surface area (Å²) in [5.74, 6) is 0.917. The number of benzene rings is 1. The largest absolute Gasteiger partial charge is 0.369 e. The Morgan fingerprint density at radius 3 is 2.96 bits per heavy atom. The third kappa shape index (κ3) is 5.87. The summed E-state index contributed by atoms with van der Waals surface area (Å²) in [6.07, 6.45) is 1.10. The van der Waals surface area contributed by atoms with Crippen LogP contribution in [0.25, 0.3) is 0 Å². The predicted octanol–water partition coefficient (Wildman–Crippen LogP) is 2.43. The van der Waals surface area contributed by atoms with Crippen LogP contribution in [0, 0.1) is 0 Å². The Morgan fingerprint density at radius 1 is 1.42 bits per heavy atom. The van der Waals surface area contributed by atoms with Crippen molar-refractivity contribution in [2.24, 2.45) is 4.99 Å². The first-order valence-electron chi connectivity index (χ1n) is 8.86. The van der Waals surface area contributed by atoms with E-state index in [1.165, 1.54) is 5.69 Å². The van der Waals surface area contributed by atoms with Crippen molar-refractivity contribution in [1.29, 1.82) is 0 Å². The monoisotopic (exact) mass is 351 g/mol. The lowest BCUT2D eigenvalue weighted by Crippen LogP contribution is -2.45. The van der Waals surface area contributed by atoms with Gasteiger partial charge in [0.15, 0.2) is 5.96 Å². The molecule has 1 atom stereocenters. The lowest BCUT2D eigenvalue weighted by molar-refractivity contribution is 0.363. The molecule has 1 unspecified atom stereocenters. The van der Waals surface area contributed by atoms with Gasteiger partial charge in [-0.15, -0.1) is 0 Å². The van der Waals surface area contributed by atoms with Gasteiger partial charge in [-0.1, -0.05) is 24.6 Å². The van der Waals surface area contributed by atoms with Gasteiger partial charge in [0, 0.05) is 42.9 Å². The maximum atomic E-state index is 6.10. The molecule has 0 saturated carbocycles. The molecule has 134 valence electrons. The Balaban J connectivity index is 1.87. The summed E-state index contributed by atoms with van der Waals surface area (Å²) in [6, 6.07) is 8.48. The predicted molar refractivity (Wildman–Crippen MR) is 104 cm³/mol. The number of hydrogen-bond acceptors (Lipinski definition) is 3. The molecule has 0 amide bonds. The molecule has 1 aromatic carbocycles. The van der Waals surface area contributed by atoms with Crippen LogP contribution in [0.3, 0.4) is 0 Å². The summed E-state index contributed by atoms with van der Waals surface area (Å²) in [7, 11) is 2.12. The number of likely N-dealkylation sites (N-methyl/N-ethyl adjacent to an activating group) is 1. The second-order valence-electron chi connectivity index (χ2n) is 6.21. The third-order valence-corrected chi connectivity index (χ3v) is 4.57. The van der Waals surface area contributed by atoms with Gasteiger partial charge in [-0.3, -0.25) is 4.99 Å². The number of aliphatic imine (C=N–C) groups is 1. The molecule has 6 heteroatoms. The topological polar surface area (TPSA) is 42.9 Å². The van der Waals surface area contributed by atoms with Gasteiger partial charge in [-0.2, -0.15) is 0 Å². The van der Waals surface area contributed by atoms with E-state index < -0.39 is 0 Å². The molecule has 1 aliphatic heterocycles. The summed E-state index contributed by atoms with van der Waals surface area (Å²) in [5.41, 5.74) is 1.19. The molecule has 0 radical (unpaired) electrons. The van der Waals surface area contributed by atoms with Crippen molar-refractivity contribution < 1.29 is 0 Å². The van der Waals surface area contributed by atoms with Crippen molar-refractivity contribution in [3.63, 3.8) is 0 Å². The average molecular weight is 352 g/mol. The van der Waals surface area contributed by atoms with Gasteiger partial charge in [0.2, 0.25) is 0 Å². The first kappa shape index (κ1) is 18.9. The van der Waals surface area contributed by atoms with E-state index in [4.69, 9.17) is 11.6 Å². The minimum atomic E-state index is 0.408. The SMILES string of the molecule is CCNC(=NCCN(C)CC)NC1CCN(c2cccc(Cl)c2)C1. The first-order chi connectivity index (χ1) is 11.6. The second-order valence-corrected chi connectivity index (χ2v) is 6.65. The van der Waals surface area contributed by atoms with Crippen LogP contribution >= 0.6 is 11.6 Å². The Hall–Kier alpha value is -1.46.